The van der Waals surface area contributed by atoms with Gasteiger partial charge >= 0.3 is 0 Å². The van der Waals surface area contributed by atoms with Crippen molar-refractivity contribution in [1.29, 1.82) is 0 Å². The van der Waals surface area contributed by atoms with Crippen LogP contribution in [0.25, 0.3) is 0 Å². The second kappa shape index (κ2) is 6.56. The van der Waals surface area contributed by atoms with Gasteiger partial charge in [-0.3, -0.25) is 0 Å². The fourth-order valence-corrected chi connectivity index (χ4v) is 3.30. The van der Waals surface area contributed by atoms with Gasteiger partial charge in [0.1, 0.15) is 0 Å². The van der Waals surface area contributed by atoms with Crippen LogP contribution in [0.1, 0.15) is 31.1 Å². The third kappa shape index (κ3) is 3.82. The minimum absolute atomic E-state index is 0.399. The third-order valence-electron chi connectivity index (χ3n) is 2.44. The summed E-state index contributed by atoms with van der Waals surface area (Å²) in [7, 11) is 0. The second-order valence-corrected chi connectivity index (χ2v) is 6.10. The minimum atomic E-state index is 0.399. The van der Waals surface area contributed by atoms with Crippen molar-refractivity contribution in [1.82, 2.24) is 0 Å². The zero-order valence-electron chi connectivity index (χ0n) is 9.24. The van der Waals surface area contributed by atoms with Crippen LogP contribution < -0.4 is 5.73 Å². The lowest BCUT2D eigenvalue weighted by molar-refractivity contribution is 0.873. The van der Waals surface area contributed by atoms with Gasteiger partial charge < -0.3 is 5.73 Å². The summed E-state index contributed by atoms with van der Waals surface area (Å²) in [6.45, 7) is 5.16. The lowest BCUT2D eigenvalue weighted by Gasteiger charge is -2.19. The zero-order chi connectivity index (χ0) is 11.3. The fraction of sp³-hybridized carbons (Fsp3) is 0.500. The smallest absolute Gasteiger partial charge is 0.0433 e. The second-order valence-electron chi connectivity index (χ2n) is 3.60. The SMILES string of the molecule is CCC(C)SC(CN)c1ccccc1Br. The molecule has 0 aliphatic rings. The molecule has 0 spiro atoms. The molecule has 3 heteroatoms. The molecule has 0 amide bonds. The van der Waals surface area contributed by atoms with E-state index in [2.05, 4.69) is 48.0 Å². The Hall–Kier alpha value is 0.01000. The van der Waals surface area contributed by atoms with Crippen LogP contribution in [0.5, 0.6) is 0 Å². The van der Waals surface area contributed by atoms with Crippen LogP contribution in [0.2, 0.25) is 0 Å². The summed E-state index contributed by atoms with van der Waals surface area (Å²) in [5.41, 5.74) is 7.15. The van der Waals surface area contributed by atoms with E-state index in [1.165, 1.54) is 12.0 Å². The van der Waals surface area contributed by atoms with Crippen LogP contribution >= 0.6 is 27.7 Å². The first kappa shape index (κ1) is 13.1. The fourth-order valence-electron chi connectivity index (χ4n) is 1.37. The van der Waals surface area contributed by atoms with E-state index in [9.17, 15) is 0 Å². The van der Waals surface area contributed by atoms with E-state index < -0.39 is 0 Å². The molecule has 84 valence electrons. The summed E-state index contributed by atoms with van der Waals surface area (Å²) < 4.78 is 1.16. The predicted octanol–water partition coefficient (Wildman–Crippen LogP) is 3.98. The molecule has 0 aliphatic heterocycles. The van der Waals surface area contributed by atoms with E-state index in [1.54, 1.807) is 0 Å². The third-order valence-corrected chi connectivity index (χ3v) is 4.73. The van der Waals surface area contributed by atoms with Crippen molar-refractivity contribution in [3.8, 4) is 0 Å². The first-order valence-corrected chi connectivity index (χ1v) is 7.02. The maximum Gasteiger partial charge on any atom is 0.0433 e. The number of thioether (sulfide) groups is 1. The van der Waals surface area contributed by atoms with Crippen LogP contribution in [0.3, 0.4) is 0 Å². The monoisotopic (exact) mass is 287 g/mol. The van der Waals surface area contributed by atoms with Crippen LogP contribution in [0.4, 0.5) is 0 Å². The number of halogens is 1. The first-order valence-electron chi connectivity index (χ1n) is 5.29. The lowest BCUT2D eigenvalue weighted by atomic mass is 10.1. The summed E-state index contributed by atoms with van der Waals surface area (Å²) in [4.78, 5) is 0. The van der Waals surface area contributed by atoms with Crippen molar-refractivity contribution >= 4 is 27.7 Å². The van der Waals surface area contributed by atoms with Crippen LogP contribution in [-0.4, -0.2) is 11.8 Å². The summed E-state index contributed by atoms with van der Waals surface area (Å²) in [5, 5.41) is 1.06. The Labute approximate surface area is 105 Å². The number of benzene rings is 1. The van der Waals surface area contributed by atoms with Crippen molar-refractivity contribution in [2.75, 3.05) is 6.54 Å². The largest absolute Gasteiger partial charge is 0.329 e. The number of rotatable bonds is 5. The van der Waals surface area contributed by atoms with Crippen LogP contribution in [-0.2, 0) is 0 Å². The first-order chi connectivity index (χ1) is 7.19. The summed E-state index contributed by atoms with van der Waals surface area (Å²) in [5.74, 6) is 0. The molecular formula is C12H18BrNS. The van der Waals surface area contributed by atoms with Gasteiger partial charge in [0.2, 0.25) is 0 Å². The zero-order valence-corrected chi connectivity index (χ0v) is 11.6. The van der Waals surface area contributed by atoms with Crippen molar-refractivity contribution in [3.63, 3.8) is 0 Å². The normalized spacial score (nSPS) is 14.9. The van der Waals surface area contributed by atoms with Gasteiger partial charge in [-0.05, 0) is 18.1 Å². The van der Waals surface area contributed by atoms with Crippen molar-refractivity contribution in [2.24, 2.45) is 5.73 Å². The average molecular weight is 288 g/mol. The van der Waals surface area contributed by atoms with E-state index in [0.717, 1.165) is 4.47 Å². The van der Waals surface area contributed by atoms with E-state index >= 15 is 0 Å². The number of hydrogen-bond acceptors (Lipinski definition) is 2. The molecule has 2 N–H and O–H groups in total. The Morgan fingerprint density at radius 2 is 2.07 bits per heavy atom. The van der Waals surface area contributed by atoms with Crippen molar-refractivity contribution in [2.45, 2.75) is 30.8 Å². The summed E-state index contributed by atoms with van der Waals surface area (Å²) in [6.07, 6.45) is 1.19. The molecule has 2 unspecified atom stereocenters. The molecule has 1 aromatic rings. The van der Waals surface area contributed by atoms with E-state index in [4.69, 9.17) is 5.73 Å². The molecule has 0 saturated carbocycles. The number of hydrogen-bond donors (Lipinski definition) is 1. The molecular weight excluding hydrogens is 270 g/mol. The highest BCUT2D eigenvalue weighted by atomic mass is 79.9. The summed E-state index contributed by atoms with van der Waals surface area (Å²) >= 11 is 5.54. The molecule has 0 heterocycles. The maximum absolute atomic E-state index is 5.84. The van der Waals surface area contributed by atoms with Crippen molar-refractivity contribution in [3.05, 3.63) is 34.3 Å². The molecule has 0 aromatic heterocycles. The maximum atomic E-state index is 5.84. The molecule has 0 radical (unpaired) electrons. The van der Waals surface area contributed by atoms with E-state index in [0.29, 0.717) is 17.0 Å². The molecule has 1 aromatic carbocycles. The van der Waals surface area contributed by atoms with Gasteiger partial charge in [-0.15, -0.1) is 11.8 Å². The molecule has 1 rings (SSSR count). The molecule has 15 heavy (non-hydrogen) atoms. The van der Waals surface area contributed by atoms with Crippen molar-refractivity contribution < 1.29 is 0 Å². The molecule has 0 fully saturated rings. The standard InChI is InChI=1S/C12H18BrNS/c1-3-9(2)15-12(8-14)10-6-4-5-7-11(10)13/h4-7,9,12H,3,8,14H2,1-2H3. The Balaban J connectivity index is 2.78. The quantitative estimate of drug-likeness (QED) is 0.887. The minimum Gasteiger partial charge on any atom is -0.329 e. The van der Waals surface area contributed by atoms with Gasteiger partial charge in [0.05, 0.1) is 0 Å². The Morgan fingerprint density at radius 1 is 1.40 bits per heavy atom. The Kier molecular flexibility index (Phi) is 5.72. The number of nitrogens with two attached hydrogens (primary N) is 1. The lowest BCUT2D eigenvalue weighted by Crippen LogP contribution is -2.12. The Morgan fingerprint density at radius 3 is 2.60 bits per heavy atom. The average Bonchev–Trinajstić information content (AvgIpc) is 2.26. The van der Waals surface area contributed by atoms with Gasteiger partial charge in [-0.1, -0.05) is 48.0 Å². The van der Waals surface area contributed by atoms with Crippen LogP contribution in [0.15, 0.2) is 28.7 Å². The van der Waals surface area contributed by atoms with Gasteiger partial charge in [0.15, 0.2) is 0 Å². The molecule has 2 atom stereocenters. The summed E-state index contributed by atoms with van der Waals surface area (Å²) in [6, 6.07) is 8.33. The Bertz CT molecular complexity index is 303. The topological polar surface area (TPSA) is 26.0 Å². The van der Waals surface area contributed by atoms with Gasteiger partial charge in [-0.2, -0.15) is 0 Å². The van der Waals surface area contributed by atoms with Gasteiger partial charge in [0, 0.05) is 21.5 Å². The predicted molar refractivity (Wildman–Crippen MR) is 73.3 cm³/mol. The molecule has 0 aliphatic carbocycles. The van der Waals surface area contributed by atoms with Gasteiger partial charge in [0.25, 0.3) is 0 Å². The van der Waals surface area contributed by atoms with Crippen LogP contribution in [0, 0.1) is 0 Å². The molecule has 1 nitrogen and oxygen atoms in total. The van der Waals surface area contributed by atoms with E-state index in [-0.39, 0.29) is 0 Å². The highest BCUT2D eigenvalue weighted by molar-refractivity contribution is 9.10. The molecule has 0 saturated heterocycles. The highest BCUT2D eigenvalue weighted by Crippen LogP contribution is 2.36. The van der Waals surface area contributed by atoms with Gasteiger partial charge in [-0.25, -0.2) is 0 Å². The van der Waals surface area contributed by atoms with E-state index in [1.807, 2.05) is 17.8 Å². The molecule has 0 bridgehead atoms. The highest BCUT2D eigenvalue weighted by Gasteiger charge is 2.15.